The van der Waals surface area contributed by atoms with Crippen molar-refractivity contribution < 1.29 is 9.90 Å². The number of aliphatic hydroxyl groups is 1. The predicted molar refractivity (Wildman–Crippen MR) is 93.1 cm³/mol. The molecule has 1 amide bonds. The fourth-order valence-corrected chi connectivity index (χ4v) is 3.57. The van der Waals surface area contributed by atoms with Gasteiger partial charge in [-0.25, -0.2) is 0 Å². The molecule has 23 heavy (non-hydrogen) atoms. The summed E-state index contributed by atoms with van der Waals surface area (Å²) in [6, 6.07) is 5.64. The van der Waals surface area contributed by atoms with Crippen molar-refractivity contribution in [3.8, 4) is 0 Å². The molecule has 2 N–H and O–H groups in total. The monoisotopic (exact) mass is 337 g/mol. The van der Waals surface area contributed by atoms with Gasteiger partial charge in [-0.15, -0.1) is 0 Å². The number of carbonyl (C=O) groups excluding carboxylic acids is 1. The highest BCUT2D eigenvalue weighted by Gasteiger charge is 2.30. The third kappa shape index (κ3) is 3.56. The van der Waals surface area contributed by atoms with Gasteiger partial charge < -0.3 is 20.2 Å². The zero-order valence-corrected chi connectivity index (χ0v) is 14.2. The molecule has 2 aliphatic heterocycles. The van der Waals surface area contributed by atoms with Crippen molar-refractivity contribution in [2.45, 2.75) is 25.3 Å². The number of anilines is 2. The normalized spacial score (nSPS) is 22.7. The smallest absolute Gasteiger partial charge is 0.244 e. The standard InChI is InChI=1S/C17H24ClN3O2/c1-20-7-6-14(17(20)23)19-15-10-13(18)2-3-16(15)21-8-4-12(11-22)5-9-21/h2-3,10,12,14,19,22H,4-9,11H2,1H3. The Kier molecular flexibility index (Phi) is 4.97. The number of likely N-dealkylation sites (N-methyl/N-ethyl adjacent to an activating group) is 1. The van der Waals surface area contributed by atoms with E-state index in [0.717, 1.165) is 50.3 Å². The first-order chi connectivity index (χ1) is 11.1. The van der Waals surface area contributed by atoms with Gasteiger partial charge in [-0.2, -0.15) is 0 Å². The lowest BCUT2D eigenvalue weighted by molar-refractivity contribution is -0.127. The molecular formula is C17H24ClN3O2. The van der Waals surface area contributed by atoms with Crippen LogP contribution in [0.25, 0.3) is 0 Å². The number of amides is 1. The summed E-state index contributed by atoms with van der Waals surface area (Å²) < 4.78 is 0. The second-order valence-corrected chi connectivity index (χ2v) is 6.96. The van der Waals surface area contributed by atoms with Crippen LogP contribution in [0.5, 0.6) is 0 Å². The number of carbonyl (C=O) groups is 1. The van der Waals surface area contributed by atoms with Crippen molar-refractivity contribution >= 4 is 28.9 Å². The molecule has 1 atom stereocenters. The maximum Gasteiger partial charge on any atom is 0.244 e. The summed E-state index contributed by atoms with van der Waals surface area (Å²) in [5, 5.41) is 13.3. The van der Waals surface area contributed by atoms with E-state index in [2.05, 4.69) is 10.2 Å². The molecule has 6 heteroatoms. The SMILES string of the molecule is CN1CCC(Nc2cc(Cl)ccc2N2CCC(CO)CC2)C1=O. The minimum absolute atomic E-state index is 0.134. The van der Waals surface area contributed by atoms with Gasteiger partial charge >= 0.3 is 0 Å². The Balaban J connectivity index is 1.77. The summed E-state index contributed by atoms with van der Waals surface area (Å²) in [5.74, 6) is 0.537. The lowest BCUT2D eigenvalue weighted by Gasteiger charge is -2.34. The summed E-state index contributed by atoms with van der Waals surface area (Å²) in [6.07, 6.45) is 2.79. The number of nitrogens with zero attached hydrogens (tertiary/aromatic N) is 2. The number of hydrogen-bond donors (Lipinski definition) is 2. The van der Waals surface area contributed by atoms with Crippen molar-refractivity contribution in [1.82, 2.24) is 4.90 Å². The Bertz CT molecular complexity index is 573. The van der Waals surface area contributed by atoms with Crippen LogP contribution in [0.3, 0.4) is 0 Å². The van der Waals surface area contributed by atoms with E-state index < -0.39 is 0 Å². The fraction of sp³-hybridized carbons (Fsp3) is 0.588. The first-order valence-electron chi connectivity index (χ1n) is 8.25. The van der Waals surface area contributed by atoms with Crippen molar-refractivity contribution in [2.75, 3.05) is 43.5 Å². The molecule has 0 saturated carbocycles. The van der Waals surface area contributed by atoms with Crippen molar-refractivity contribution in [3.63, 3.8) is 0 Å². The average Bonchev–Trinajstić information content (AvgIpc) is 2.87. The number of likely N-dealkylation sites (tertiary alicyclic amines) is 1. The molecule has 3 rings (SSSR count). The second kappa shape index (κ2) is 6.97. The molecular weight excluding hydrogens is 314 g/mol. The highest BCUT2D eigenvalue weighted by atomic mass is 35.5. The van der Waals surface area contributed by atoms with E-state index >= 15 is 0 Å². The second-order valence-electron chi connectivity index (χ2n) is 6.52. The number of halogens is 1. The maximum absolute atomic E-state index is 12.2. The maximum atomic E-state index is 12.2. The summed E-state index contributed by atoms with van der Waals surface area (Å²) in [4.78, 5) is 16.2. The Morgan fingerprint density at radius 2 is 2.00 bits per heavy atom. The highest BCUT2D eigenvalue weighted by Crippen LogP contribution is 2.33. The minimum Gasteiger partial charge on any atom is -0.396 e. The van der Waals surface area contributed by atoms with Gasteiger partial charge in [-0.3, -0.25) is 4.79 Å². The largest absolute Gasteiger partial charge is 0.396 e. The lowest BCUT2D eigenvalue weighted by atomic mass is 9.97. The van der Waals surface area contributed by atoms with Crippen LogP contribution in [0.4, 0.5) is 11.4 Å². The zero-order chi connectivity index (χ0) is 16.4. The van der Waals surface area contributed by atoms with Crippen molar-refractivity contribution in [3.05, 3.63) is 23.2 Å². The molecule has 5 nitrogen and oxygen atoms in total. The van der Waals surface area contributed by atoms with Crippen molar-refractivity contribution in [1.29, 1.82) is 0 Å². The molecule has 2 heterocycles. The summed E-state index contributed by atoms with van der Waals surface area (Å²) >= 11 is 6.16. The van der Waals surface area contributed by atoms with Gasteiger partial charge in [0.05, 0.1) is 11.4 Å². The molecule has 126 valence electrons. The molecule has 0 aromatic heterocycles. The Labute approximate surface area is 142 Å². The van der Waals surface area contributed by atoms with Gasteiger partial charge in [0.1, 0.15) is 6.04 Å². The number of hydrogen-bond acceptors (Lipinski definition) is 4. The van der Waals surface area contributed by atoms with Crippen LogP contribution in [0.15, 0.2) is 18.2 Å². The Morgan fingerprint density at radius 1 is 1.26 bits per heavy atom. The number of nitrogens with one attached hydrogen (secondary N) is 1. The Hall–Kier alpha value is -1.46. The van der Waals surface area contributed by atoms with Gasteiger partial charge in [0.2, 0.25) is 5.91 Å². The molecule has 2 saturated heterocycles. The zero-order valence-electron chi connectivity index (χ0n) is 13.5. The number of benzene rings is 1. The van der Waals surface area contributed by atoms with E-state index in [1.54, 1.807) is 4.90 Å². The third-order valence-corrected chi connectivity index (χ3v) is 5.16. The molecule has 1 unspecified atom stereocenters. The van der Waals surface area contributed by atoms with E-state index in [9.17, 15) is 9.90 Å². The number of piperidine rings is 1. The van der Waals surface area contributed by atoms with Gasteiger partial charge in [-0.1, -0.05) is 11.6 Å². The van der Waals surface area contributed by atoms with Crippen LogP contribution in [0.2, 0.25) is 5.02 Å². The van der Waals surface area contributed by atoms with E-state index in [1.165, 1.54) is 0 Å². The third-order valence-electron chi connectivity index (χ3n) is 4.93. The van der Waals surface area contributed by atoms with Crippen LogP contribution in [-0.4, -0.2) is 55.2 Å². The summed E-state index contributed by atoms with van der Waals surface area (Å²) in [6.45, 7) is 2.89. The van der Waals surface area contributed by atoms with Crippen LogP contribution in [0.1, 0.15) is 19.3 Å². The molecule has 2 fully saturated rings. The predicted octanol–water partition coefficient (Wildman–Crippen LogP) is 2.19. The quantitative estimate of drug-likeness (QED) is 0.884. The molecule has 0 spiro atoms. The van der Waals surface area contributed by atoms with Crippen molar-refractivity contribution in [2.24, 2.45) is 5.92 Å². The molecule has 0 radical (unpaired) electrons. The molecule has 1 aromatic rings. The van der Waals surface area contributed by atoms with E-state index in [1.807, 2.05) is 25.2 Å². The first-order valence-corrected chi connectivity index (χ1v) is 8.63. The highest BCUT2D eigenvalue weighted by molar-refractivity contribution is 6.31. The fourth-order valence-electron chi connectivity index (χ4n) is 3.40. The van der Waals surface area contributed by atoms with Crippen LogP contribution >= 0.6 is 11.6 Å². The minimum atomic E-state index is -0.174. The van der Waals surface area contributed by atoms with E-state index in [-0.39, 0.29) is 18.6 Å². The van der Waals surface area contributed by atoms with E-state index in [4.69, 9.17) is 11.6 Å². The topological polar surface area (TPSA) is 55.8 Å². The molecule has 1 aromatic carbocycles. The number of rotatable bonds is 4. The molecule has 0 aliphatic carbocycles. The van der Waals surface area contributed by atoms with Crippen LogP contribution in [-0.2, 0) is 4.79 Å². The Morgan fingerprint density at radius 3 is 2.61 bits per heavy atom. The van der Waals surface area contributed by atoms with E-state index in [0.29, 0.717) is 10.9 Å². The first kappa shape index (κ1) is 16.4. The lowest BCUT2D eigenvalue weighted by Crippen LogP contribution is -2.36. The molecule has 2 aliphatic rings. The van der Waals surface area contributed by atoms with Gasteiger partial charge in [0.15, 0.2) is 0 Å². The van der Waals surface area contributed by atoms with Crippen LogP contribution in [0, 0.1) is 5.92 Å². The summed E-state index contributed by atoms with van der Waals surface area (Å²) in [5.41, 5.74) is 2.02. The summed E-state index contributed by atoms with van der Waals surface area (Å²) in [7, 11) is 1.84. The number of aliphatic hydroxyl groups excluding tert-OH is 1. The molecule has 0 bridgehead atoms. The van der Waals surface area contributed by atoms with Gasteiger partial charge in [0, 0.05) is 38.3 Å². The van der Waals surface area contributed by atoms with Gasteiger partial charge in [0.25, 0.3) is 0 Å². The average molecular weight is 338 g/mol. The van der Waals surface area contributed by atoms with Gasteiger partial charge in [-0.05, 0) is 43.4 Å². The van der Waals surface area contributed by atoms with Crippen LogP contribution < -0.4 is 10.2 Å².